The second-order valence-electron chi connectivity index (χ2n) is 2.24. The van der Waals surface area contributed by atoms with E-state index in [2.05, 4.69) is 11.3 Å². The molecule has 0 fully saturated rings. The highest BCUT2D eigenvalue weighted by molar-refractivity contribution is 5.73. The first kappa shape index (κ1) is 10.5. The SMILES string of the molecule is C=CC(C(=O)O)C(C)OC(N)=O. The molecule has 0 aromatic rings. The fourth-order valence-corrected chi connectivity index (χ4v) is 0.750. The maximum absolute atomic E-state index is 10.5. The van der Waals surface area contributed by atoms with Crippen molar-refractivity contribution in [1.29, 1.82) is 0 Å². The predicted octanol–water partition coefficient (Wildman–Crippen LogP) is 0.357. The van der Waals surface area contributed by atoms with Crippen molar-refractivity contribution in [2.24, 2.45) is 11.7 Å². The quantitative estimate of drug-likeness (QED) is 0.600. The number of primary amides is 1. The zero-order chi connectivity index (χ0) is 9.72. The van der Waals surface area contributed by atoms with Crippen LogP contribution in [-0.2, 0) is 9.53 Å². The molecule has 0 saturated heterocycles. The molecule has 5 nitrogen and oxygen atoms in total. The number of rotatable bonds is 4. The van der Waals surface area contributed by atoms with Gasteiger partial charge in [-0.3, -0.25) is 4.79 Å². The Morgan fingerprint density at radius 1 is 1.67 bits per heavy atom. The van der Waals surface area contributed by atoms with E-state index in [1.807, 2.05) is 0 Å². The number of carboxylic acids is 1. The van der Waals surface area contributed by atoms with E-state index in [-0.39, 0.29) is 0 Å². The standard InChI is InChI=1S/C7H11NO4/c1-3-5(6(9)10)4(2)12-7(8)11/h3-5H,1H2,2H3,(H2,8,11)(H,9,10). The van der Waals surface area contributed by atoms with Gasteiger partial charge < -0.3 is 15.6 Å². The van der Waals surface area contributed by atoms with Crippen LogP contribution in [-0.4, -0.2) is 23.3 Å². The molecule has 0 aromatic heterocycles. The van der Waals surface area contributed by atoms with Gasteiger partial charge in [-0.05, 0) is 6.92 Å². The van der Waals surface area contributed by atoms with Crippen molar-refractivity contribution in [3.8, 4) is 0 Å². The molecule has 0 rings (SSSR count). The molecule has 1 amide bonds. The molecule has 0 saturated carbocycles. The number of carbonyl (C=O) groups excluding carboxylic acids is 1. The van der Waals surface area contributed by atoms with Crippen molar-refractivity contribution >= 4 is 12.1 Å². The van der Waals surface area contributed by atoms with Crippen LogP contribution in [0.5, 0.6) is 0 Å². The number of carboxylic acid groups (broad SMARTS) is 1. The van der Waals surface area contributed by atoms with Gasteiger partial charge in [-0.15, -0.1) is 6.58 Å². The van der Waals surface area contributed by atoms with Crippen LogP contribution in [0, 0.1) is 5.92 Å². The van der Waals surface area contributed by atoms with Gasteiger partial charge in [-0.2, -0.15) is 0 Å². The highest BCUT2D eigenvalue weighted by Gasteiger charge is 2.23. The van der Waals surface area contributed by atoms with E-state index in [1.54, 1.807) is 0 Å². The maximum Gasteiger partial charge on any atom is 0.404 e. The van der Waals surface area contributed by atoms with Crippen LogP contribution in [0.25, 0.3) is 0 Å². The molecule has 12 heavy (non-hydrogen) atoms. The van der Waals surface area contributed by atoms with Crippen molar-refractivity contribution in [2.75, 3.05) is 0 Å². The first-order valence-corrected chi connectivity index (χ1v) is 3.30. The van der Waals surface area contributed by atoms with E-state index in [0.29, 0.717) is 0 Å². The maximum atomic E-state index is 10.5. The smallest absolute Gasteiger partial charge is 0.404 e. The van der Waals surface area contributed by atoms with E-state index in [1.165, 1.54) is 13.0 Å². The van der Waals surface area contributed by atoms with E-state index >= 15 is 0 Å². The van der Waals surface area contributed by atoms with E-state index in [4.69, 9.17) is 10.8 Å². The average Bonchev–Trinajstić information content (AvgIpc) is 1.85. The zero-order valence-corrected chi connectivity index (χ0v) is 6.69. The number of ether oxygens (including phenoxy) is 1. The van der Waals surface area contributed by atoms with Crippen LogP contribution in [0.15, 0.2) is 12.7 Å². The Morgan fingerprint density at radius 2 is 2.17 bits per heavy atom. The minimum atomic E-state index is -1.10. The molecule has 0 radical (unpaired) electrons. The topological polar surface area (TPSA) is 89.6 Å². The van der Waals surface area contributed by atoms with Crippen LogP contribution in [0.4, 0.5) is 4.79 Å². The third kappa shape index (κ3) is 3.05. The summed E-state index contributed by atoms with van der Waals surface area (Å²) in [6.07, 6.45) is -0.594. The molecular weight excluding hydrogens is 162 g/mol. The van der Waals surface area contributed by atoms with Crippen molar-refractivity contribution in [3.63, 3.8) is 0 Å². The number of hydrogen-bond acceptors (Lipinski definition) is 3. The van der Waals surface area contributed by atoms with Crippen LogP contribution in [0.2, 0.25) is 0 Å². The fraction of sp³-hybridized carbons (Fsp3) is 0.429. The van der Waals surface area contributed by atoms with Crippen LogP contribution in [0.1, 0.15) is 6.92 Å². The van der Waals surface area contributed by atoms with Gasteiger partial charge in [0.2, 0.25) is 0 Å². The molecule has 2 unspecified atom stereocenters. The van der Waals surface area contributed by atoms with Gasteiger partial charge in [0.1, 0.15) is 12.0 Å². The first-order valence-electron chi connectivity index (χ1n) is 3.30. The monoisotopic (exact) mass is 173 g/mol. The van der Waals surface area contributed by atoms with Gasteiger partial charge in [0.25, 0.3) is 0 Å². The summed E-state index contributed by atoms with van der Waals surface area (Å²) in [5.74, 6) is -2.02. The number of nitrogens with two attached hydrogens (primary N) is 1. The molecule has 0 spiro atoms. The highest BCUT2D eigenvalue weighted by atomic mass is 16.6. The summed E-state index contributed by atoms with van der Waals surface area (Å²) >= 11 is 0. The molecule has 0 bridgehead atoms. The van der Waals surface area contributed by atoms with Gasteiger partial charge >= 0.3 is 12.1 Å². The molecule has 2 atom stereocenters. The van der Waals surface area contributed by atoms with E-state index < -0.39 is 24.1 Å². The highest BCUT2D eigenvalue weighted by Crippen LogP contribution is 2.08. The lowest BCUT2D eigenvalue weighted by Crippen LogP contribution is -2.30. The molecule has 0 aromatic carbocycles. The summed E-state index contributed by atoms with van der Waals surface area (Å²) in [7, 11) is 0. The Hall–Kier alpha value is -1.52. The van der Waals surface area contributed by atoms with Gasteiger partial charge in [-0.25, -0.2) is 4.79 Å². The normalized spacial score (nSPS) is 14.4. The van der Waals surface area contributed by atoms with Crippen molar-refractivity contribution in [2.45, 2.75) is 13.0 Å². The molecule has 0 aliphatic rings. The van der Waals surface area contributed by atoms with E-state index in [0.717, 1.165) is 0 Å². The summed E-state index contributed by atoms with van der Waals surface area (Å²) in [6.45, 7) is 4.73. The number of hydrogen-bond donors (Lipinski definition) is 2. The zero-order valence-electron chi connectivity index (χ0n) is 6.69. The summed E-state index contributed by atoms with van der Waals surface area (Å²) in [4.78, 5) is 20.7. The second-order valence-corrected chi connectivity index (χ2v) is 2.24. The largest absolute Gasteiger partial charge is 0.481 e. The Kier molecular flexibility index (Phi) is 3.82. The number of amides is 1. The van der Waals surface area contributed by atoms with Crippen molar-refractivity contribution in [1.82, 2.24) is 0 Å². The Labute approximate surface area is 69.8 Å². The van der Waals surface area contributed by atoms with Crippen molar-refractivity contribution < 1.29 is 19.4 Å². The summed E-state index contributed by atoms with van der Waals surface area (Å²) in [5.41, 5.74) is 4.70. The molecule has 0 heterocycles. The third-order valence-corrected chi connectivity index (χ3v) is 1.35. The number of aliphatic carboxylic acids is 1. The minimum Gasteiger partial charge on any atom is -0.481 e. The Morgan fingerprint density at radius 3 is 2.42 bits per heavy atom. The molecule has 5 heteroatoms. The van der Waals surface area contributed by atoms with Crippen LogP contribution < -0.4 is 5.73 Å². The summed E-state index contributed by atoms with van der Waals surface area (Å²) < 4.78 is 4.45. The summed E-state index contributed by atoms with van der Waals surface area (Å²) in [6, 6.07) is 0. The third-order valence-electron chi connectivity index (χ3n) is 1.35. The second kappa shape index (κ2) is 4.38. The lowest BCUT2D eigenvalue weighted by molar-refractivity contribution is -0.142. The molecule has 3 N–H and O–H groups in total. The van der Waals surface area contributed by atoms with Gasteiger partial charge in [0.15, 0.2) is 0 Å². The van der Waals surface area contributed by atoms with Crippen molar-refractivity contribution in [3.05, 3.63) is 12.7 Å². The van der Waals surface area contributed by atoms with Gasteiger partial charge in [0, 0.05) is 0 Å². The minimum absolute atomic E-state index is 0.794. The molecule has 68 valence electrons. The molecule has 0 aliphatic carbocycles. The molecular formula is C7H11NO4. The lowest BCUT2D eigenvalue weighted by atomic mass is 10.1. The average molecular weight is 173 g/mol. The van der Waals surface area contributed by atoms with E-state index in [9.17, 15) is 9.59 Å². The first-order chi connectivity index (χ1) is 5.49. The predicted molar refractivity (Wildman–Crippen MR) is 41.5 cm³/mol. The van der Waals surface area contributed by atoms with Gasteiger partial charge in [0.05, 0.1) is 0 Å². The Bertz CT molecular complexity index is 202. The fourth-order valence-electron chi connectivity index (χ4n) is 0.750. The van der Waals surface area contributed by atoms with Gasteiger partial charge in [-0.1, -0.05) is 6.08 Å². The Balaban J connectivity index is 4.21. The molecule has 0 aliphatic heterocycles. The number of carbonyl (C=O) groups is 2. The van der Waals surface area contributed by atoms with Crippen LogP contribution in [0.3, 0.4) is 0 Å². The van der Waals surface area contributed by atoms with Crippen LogP contribution >= 0.6 is 0 Å². The lowest BCUT2D eigenvalue weighted by Gasteiger charge is -2.15. The summed E-state index contributed by atoms with van der Waals surface area (Å²) in [5, 5.41) is 8.55.